The summed E-state index contributed by atoms with van der Waals surface area (Å²) in [6.07, 6.45) is 0. The summed E-state index contributed by atoms with van der Waals surface area (Å²) in [5, 5.41) is 66.0. The second kappa shape index (κ2) is 30.2. The van der Waals surface area contributed by atoms with Crippen LogP contribution in [0.15, 0.2) is 0 Å². The molecule has 282 valence electrons. The summed E-state index contributed by atoms with van der Waals surface area (Å²) < 4.78 is 0. The second-order valence-corrected chi connectivity index (χ2v) is 13.0. The van der Waals surface area contributed by atoms with Crippen LogP contribution < -0.4 is 60.0 Å². The molecular formula is C30H60N6O12. The first-order valence-corrected chi connectivity index (χ1v) is 14.4. The van der Waals surface area contributed by atoms with Gasteiger partial charge in [-0.15, -0.1) is 0 Å². The van der Waals surface area contributed by atoms with Crippen molar-refractivity contribution in [1.82, 2.24) is 0 Å². The lowest BCUT2D eigenvalue weighted by Gasteiger charge is -2.28. The number of rotatable bonds is 6. The minimum atomic E-state index is -2.66. The van der Waals surface area contributed by atoms with Gasteiger partial charge in [0.25, 0.3) is 0 Å². The molecule has 0 atom stereocenters. The molecule has 48 heavy (non-hydrogen) atoms. The summed E-state index contributed by atoms with van der Waals surface area (Å²) in [7, 11) is 37.5. The van der Waals surface area contributed by atoms with Crippen molar-refractivity contribution in [2.24, 2.45) is 0 Å². The first-order valence-electron chi connectivity index (χ1n) is 14.4. The lowest BCUT2D eigenvalue weighted by atomic mass is 9.86. The summed E-state index contributed by atoms with van der Waals surface area (Å²) in [4.78, 5) is 74.5. The molecule has 18 nitrogen and oxygen atoms in total. The van der Waals surface area contributed by atoms with Crippen molar-refractivity contribution in [3.63, 3.8) is 0 Å². The van der Waals surface area contributed by atoms with Gasteiger partial charge in [-0.1, -0.05) is 0 Å². The molecule has 1 aromatic rings. The average molecular weight is 697 g/mol. The highest BCUT2D eigenvalue weighted by molar-refractivity contribution is 6.21. The molecule has 0 bridgehead atoms. The zero-order valence-corrected chi connectivity index (χ0v) is 31.9. The van der Waals surface area contributed by atoms with Crippen molar-refractivity contribution < 1.29 is 88.8 Å². The molecule has 0 saturated heterocycles. The van der Waals surface area contributed by atoms with E-state index in [1.54, 1.807) is 0 Å². The Morgan fingerprint density at radius 2 is 0.292 bits per heavy atom. The molecule has 0 fully saturated rings. The quantitative estimate of drug-likeness (QED) is 0.162. The number of nitrogens with one attached hydrogen (secondary N) is 6. The highest BCUT2D eigenvalue weighted by atomic mass is 16.4. The van der Waals surface area contributed by atoms with Gasteiger partial charge in [-0.2, -0.15) is 0 Å². The number of carbonyl (C=O) groups is 6. The van der Waals surface area contributed by atoms with Gasteiger partial charge in [0.1, 0.15) is 0 Å². The summed E-state index contributed by atoms with van der Waals surface area (Å²) in [5.41, 5.74) is -12.0. The first kappa shape index (κ1) is 56.2. The zero-order chi connectivity index (χ0) is 40.4. The highest BCUT2D eigenvalue weighted by Crippen LogP contribution is 2.27. The Hall–Kier alpha value is -4.20. The molecule has 0 aliphatic heterocycles. The van der Waals surface area contributed by atoms with E-state index in [0.29, 0.717) is 0 Å². The fourth-order valence-electron chi connectivity index (χ4n) is 1.97. The molecular weight excluding hydrogens is 636 g/mol. The van der Waals surface area contributed by atoms with Gasteiger partial charge in [-0.25, -0.2) is 0 Å². The van der Waals surface area contributed by atoms with Gasteiger partial charge in [0.05, 0.1) is 163 Å². The Labute approximate surface area is 285 Å². The molecule has 1 aromatic carbocycles. The molecule has 18 heteroatoms. The van der Waals surface area contributed by atoms with Gasteiger partial charge >= 0.3 is 0 Å². The van der Waals surface area contributed by atoms with Crippen LogP contribution in [-0.2, 0) is 0 Å². The van der Waals surface area contributed by atoms with Crippen LogP contribution in [-0.4, -0.2) is 163 Å². The van der Waals surface area contributed by atoms with E-state index in [-0.39, 0.29) is 0 Å². The van der Waals surface area contributed by atoms with Crippen LogP contribution in [0.25, 0.3) is 0 Å². The third kappa shape index (κ3) is 36.3. The lowest BCUT2D eigenvalue weighted by Crippen LogP contribution is -3.02. The van der Waals surface area contributed by atoms with E-state index >= 15 is 0 Å². The predicted octanol–water partition coefficient (Wildman–Crippen LogP) is -15.6. The maximum Gasteiger partial charge on any atom is 0.0729 e. The van der Waals surface area contributed by atoms with E-state index < -0.39 is 69.2 Å². The standard InChI is InChI=1S/C12H6O12.6C3H9N/c13-7(14)1-2(8(15)16)4(10(19)20)6(12(23)24)5(11(21)22)3(1)9(17)18;6*1-4(2)3/h(H,13,14)(H,15,16)(H,17,18)(H,19,20)(H,21,22)(H,23,24);6*1-3H3. The molecule has 6 N–H and O–H groups in total. The topological polar surface area (TPSA) is 267 Å². The number of carboxylic acids is 6. The number of carbonyl (C=O) groups excluding carboxylic acids is 6. The van der Waals surface area contributed by atoms with Crippen molar-refractivity contribution in [3.8, 4) is 0 Å². The Bertz CT molecular complexity index is 875. The highest BCUT2D eigenvalue weighted by Gasteiger charge is 2.27. The number of quaternary nitrogens is 6. The van der Waals surface area contributed by atoms with E-state index in [0.717, 1.165) is 0 Å². The van der Waals surface area contributed by atoms with Crippen molar-refractivity contribution >= 4 is 35.8 Å². The molecule has 0 unspecified atom stereocenters. The number of benzene rings is 1. The summed E-state index contributed by atoms with van der Waals surface area (Å²) in [6.45, 7) is 0. The van der Waals surface area contributed by atoms with Crippen LogP contribution in [0.4, 0.5) is 0 Å². The largest absolute Gasteiger partial charge is 0.545 e. The smallest absolute Gasteiger partial charge is 0.0729 e. The van der Waals surface area contributed by atoms with Crippen molar-refractivity contribution in [3.05, 3.63) is 33.4 Å². The fraction of sp³-hybridized carbons (Fsp3) is 0.600. The molecule has 1 rings (SSSR count). The SMILES string of the molecule is C[NH+](C)C.C[NH+](C)C.C[NH+](C)C.C[NH+](C)C.C[NH+](C)C.C[NH+](C)C.O=C([O-])c1c(C(=O)[O-])c(C(=O)[O-])c(C(=O)[O-])c(C(=O)[O-])c1C(=O)[O-]. The number of hydrogen-bond donors (Lipinski definition) is 6. The normalized spacial score (nSPS) is 9.50. The predicted molar refractivity (Wildman–Crippen MR) is 165 cm³/mol. The summed E-state index contributed by atoms with van der Waals surface area (Å²) >= 11 is 0. The van der Waals surface area contributed by atoms with E-state index in [1.807, 2.05) is 0 Å². The van der Waals surface area contributed by atoms with Crippen LogP contribution in [0.1, 0.15) is 62.1 Å². The summed E-state index contributed by atoms with van der Waals surface area (Å²) in [5.74, 6) is -16.0. The molecule has 0 aromatic heterocycles. The molecule has 0 radical (unpaired) electrons. The third-order valence-corrected chi connectivity index (χ3v) is 2.72. The monoisotopic (exact) mass is 696 g/mol. The van der Waals surface area contributed by atoms with Crippen LogP contribution in [0, 0.1) is 0 Å². The van der Waals surface area contributed by atoms with Crippen LogP contribution in [0.2, 0.25) is 0 Å². The van der Waals surface area contributed by atoms with Gasteiger partial charge in [0.15, 0.2) is 0 Å². The number of carboxylic acid groups (broad SMARTS) is 6. The van der Waals surface area contributed by atoms with Crippen LogP contribution in [0.5, 0.6) is 0 Å². The minimum absolute atomic E-state index is 1.42. The Balaban J connectivity index is -0.000000148. The van der Waals surface area contributed by atoms with E-state index in [2.05, 4.69) is 127 Å². The van der Waals surface area contributed by atoms with Crippen LogP contribution >= 0.6 is 0 Å². The minimum Gasteiger partial charge on any atom is -0.545 e. The lowest BCUT2D eigenvalue weighted by molar-refractivity contribution is -0.836. The average Bonchev–Trinajstić information content (AvgIpc) is 2.79. The van der Waals surface area contributed by atoms with Crippen molar-refractivity contribution in [1.29, 1.82) is 0 Å². The second-order valence-electron chi connectivity index (χ2n) is 13.0. The molecule has 0 amide bonds. The zero-order valence-electron chi connectivity index (χ0n) is 31.9. The number of hydrogen-bond acceptors (Lipinski definition) is 12. The van der Waals surface area contributed by atoms with Gasteiger partial charge in [-0.3, -0.25) is 0 Å². The van der Waals surface area contributed by atoms with Crippen molar-refractivity contribution in [2.75, 3.05) is 127 Å². The van der Waals surface area contributed by atoms with Gasteiger partial charge in [0.2, 0.25) is 0 Å². The Morgan fingerprint density at radius 3 is 0.312 bits per heavy atom. The van der Waals surface area contributed by atoms with E-state index in [9.17, 15) is 59.4 Å². The van der Waals surface area contributed by atoms with Gasteiger partial charge < -0.3 is 88.8 Å². The third-order valence-electron chi connectivity index (χ3n) is 2.72. The maximum absolute atomic E-state index is 11.0. The van der Waals surface area contributed by atoms with Crippen molar-refractivity contribution in [2.45, 2.75) is 0 Å². The van der Waals surface area contributed by atoms with Gasteiger partial charge in [-0.05, 0) is 0 Å². The van der Waals surface area contributed by atoms with Gasteiger partial charge in [0, 0.05) is 33.4 Å². The maximum atomic E-state index is 11.0. The number of aromatic carboxylic acids is 6. The summed E-state index contributed by atoms with van der Waals surface area (Å²) in [6, 6.07) is 0. The Kier molecular flexibility index (Phi) is 35.3. The molecule has 0 saturated carbocycles. The first-order chi connectivity index (χ1) is 21.3. The van der Waals surface area contributed by atoms with E-state index in [1.165, 1.54) is 29.4 Å². The fourth-order valence-corrected chi connectivity index (χ4v) is 1.97. The molecule has 0 heterocycles. The molecule has 0 aliphatic carbocycles. The van der Waals surface area contributed by atoms with E-state index in [4.69, 9.17) is 0 Å². The Morgan fingerprint density at radius 1 is 0.250 bits per heavy atom. The van der Waals surface area contributed by atoms with Crippen LogP contribution in [0.3, 0.4) is 0 Å². The molecule has 0 aliphatic rings. The molecule has 0 spiro atoms.